The molecule has 2 atom stereocenters. The summed E-state index contributed by atoms with van der Waals surface area (Å²) < 4.78 is 1.66. The summed E-state index contributed by atoms with van der Waals surface area (Å²) in [5.41, 5.74) is 2.20. The van der Waals surface area contributed by atoms with Gasteiger partial charge in [0.15, 0.2) is 5.65 Å². The minimum Gasteiger partial charge on any atom is -0.332 e. The van der Waals surface area contributed by atoms with E-state index in [1.165, 1.54) is 6.42 Å². The molecule has 0 bridgehead atoms. The van der Waals surface area contributed by atoms with Gasteiger partial charge in [-0.15, -0.1) is 0 Å². The number of aryl methyl sites for hydroxylation is 1. The fraction of sp³-hybridized carbons (Fsp3) is 0.533. The van der Waals surface area contributed by atoms with E-state index in [1.54, 1.807) is 16.8 Å². The second-order valence-electron chi connectivity index (χ2n) is 5.73. The third-order valence-corrected chi connectivity index (χ3v) is 4.13. The molecule has 0 aliphatic carbocycles. The maximum absolute atomic E-state index is 12.9. The highest BCUT2D eigenvalue weighted by molar-refractivity contribution is 5.93. The average Bonchev–Trinajstić information content (AvgIpc) is 2.78. The lowest BCUT2D eigenvalue weighted by Gasteiger charge is -2.39. The van der Waals surface area contributed by atoms with Gasteiger partial charge in [0.05, 0.1) is 5.69 Å². The molecule has 106 valence electrons. The van der Waals surface area contributed by atoms with Crippen LogP contribution in [0.5, 0.6) is 0 Å². The molecule has 1 saturated heterocycles. The van der Waals surface area contributed by atoms with E-state index in [4.69, 9.17) is 0 Å². The Morgan fingerprint density at radius 2 is 2.00 bits per heavy atom. The van der Waals surface area contributed by atoms with Gasteiger partial charge in [-0.1, -0.05) is 0 Å². The molecule has 1 aliphatic rings. The Labute approximate surface area is 118 Å². The summed E-state index contributed by atoms with van der Waals surface area (Å²) in [7, 11) is 0. The van der Waals surface area contributed by atoms with Crippen molar-refractivity contribution in [3.05, 3.63) is 29.7 Å². The van der Waals surface area contributed by atoms with E-state index in [9.17, 15) is 4.79 Å². The van der Waals surface area contributed by atoms with Crippen LogP contribution in [0.1, 0.15) is 49.3 Å². The quantitative estimate of drug-likeness (QED) is 0.801. The number of aromatic nitrogens is 3. The summed E-state index contributed by atoms with van der Waals surface area (Å²) in [4.78, 5) is 19.1. The van der Waals surface area contributed by atoms with E-state index in [0.717, 1.165) is 24.2 Å². The summed E-state index contributed by atoms with van der Waals surface area (Å²) in [5.74, 6) is 0.0557. The van der Waals surface area contributed by atoms with Crippen molar-refractivity contribution in [3.63, 3.8) is 0 Å². The number of piperidine rings is 1. The number of carbonyl (C=O) groups is 1. The van der Waals surface area contributed by atoms with Gasteiger partial charge in [-0.25, -0.2) is 9.50 Å². The Morgan fingerprint density at radius 1 is 1.30 bits per heavy atom. The van der Waals surface area contributed by atoms with Crippen molar-refractivity contribution >= 4 is 11.6 Å². The first-order valence-electron chi connectivity index (χ1n) is 7.22. The Hall–Kier alpha value is -1.91. The SMILES string of the molecule is Cc1cc2nccc(C(=O)N3C(C)CCCC3C)n2n1. The zero-order valence-electron chi connectivity index (χ0n) is 12.2. The maximum Gasteiger partial charge on any atom is 0.273 e. The van der Waals surface area contributed by atoms with E-state index < -0.39 is 0 Å². The third-order valence-electron chi connectivity index (χ3n) is 4.13. The molecule has 0 radical (unpaired) electrons. The van der Waals surface area contributed by atoms with Crippen LogP contribution in [0.4, 0.5) is 0 Å². The molecule has 3 heterocycles. The number of nitrogens with zero attached hydrogens (tertiary/aromatic N) is 4. The van der Waals surface area contributed by atoms with Gasteiger partial charge in [0, 0.05) is 24.3 Å². The van der Waals surface area contributed by atoms with Crippen LogP contribution in [0.3, 0.4) is 0 Å². The number of amides is 1. The Balaban J connectivity index is 2.03. The summed E-state index contributed by atoms with van der Waals surface area (Å²) in [6.45, 7) is 6.16. The molecule has 0 aromatic carbocycles. The standard InChI is InChI=1S/C15H20N4O/c1-10-9-14-16-8-7-13(19(14)17-10)15(20)18-11(2)5-4-6-12(18)3/h7-9,11-12H,4-6H2,1-3H3. The van der Waals surface area contributed by atoms with Crippen molar-refractivity contribution in [2.75, 3.05) is 0 Å². The molecule has 2 unspecified atom stereocenters. The minimum atomic E-state index is 0.0557. The summed E-state index contributed by atoms with van der Waals surface area (Å²) in [5, 5.41) is 4.39. The van der Waals surface area contributed by atoms with Crippen molar-refractivity contribution in [2.45, 2.75) is 52.1 Å². The van der Waals surface area contributed by atoms with E-state index in [-0.39, 0.29) is 18.0 Å². The van der Waals surface area contributed by atoms with Crippen LogP contribution in [-0.4, -0.2) is 37.5 Å². The number of rotatable bonds is 1. The molecule has 2 aromatic heterocycles. The van der Waals surface area contributed by atoms with Crippen LogP contribution in [0.25, 0.3) is 5.65 Å². The van der Waals surface area contributed by atoms with Gasteiger partial charge in [0.2, 0.25) is 0 Å². The normalized spacial score (nSPS) is 23.2. The molecule has 5 nitrogen and oxygen atoms in total. The molecule has 5 heteroatoms. The van der Waals surface area contributed by atoms with Crippen molar-refractivity contribution in [3.8, 4) is 0 Å². The van der Waals surface area contributed by atoms with Crippen LogP contribution in [0.15, 0.2) is 18.3 Å². The van der Waals surface area contributed by atoms with Crippen LogP contribution < -0.4 is 0 Å². The van der Waals surface area contributed by atoms with Gasteiger partial charge in [-0.3, -0.25) is 4.79 Å². The average molecular weight is 272 g/mol. The van der Waals surface area contributed by atoms with Crippen molar-refractivity contribution < 1.29 is 4.79 Å². The van der Waals surface area contributed by atoms with Gasteiger partial charge in [-0.2, -0.15) is 5.10 Å². The molecule has 0 spiro atoms. The zero-order valence-corrected chi connectivity index (χ0v) is 12.2. The fourth-order valence-corrected chi connectivity index (χ4v) is 3.13. The first kappa shape index (κ1) is 13.1. The fourth-order valence-electron chi connectivity index (χ4n) is 3.13. The van der Waals surface area contributed by atoms with Gasteiger partial charge in [0.1, 0.15) is 5.69 Å². The van der Waals surface area contributed by atoms with E-state index >= 15 is 0 Å². The number of fused-ring (bicyclic) bond motifs is 1. The van der Waals surface area contributed by atoms with Gasteiger partial charge in [-0.05, 0) is 46.1 Å². The Bertz CT molecular complexity index is 638. The smallest absolute Gasteiger partial charge is 0.273 e. The predicted octanol–water partition coefficient (Wildman–Crippen LogP) is 2.44. The molecular weight excluding hydrogens is 252 g/mol. The molecule has 1 amide bonds. The molecule has 0 N–H and O–H groups in total. The van der Waals surface area contributed by atoms with Crippen LogP contribution >= 0.6 is 0 Å². The lowest BCUT2D eigenvalue weighted by Crippen LogP contribution is -2.48. The molecule has 3 rings (SSSR count). The topological polar surface area (TPSA) is 50.5 Å². The lowest BCUT2D eigenvalue weighted by molar-refractivity contribution is 0.0501. The second kappa shape index (κ2) is 4.89. The van der Waals surface area contributed by atoms with Crippen LogP contribution in [0.2, 0.25) is 0 Å². The maximum atomic E-state index is 12.9. The van der Waals surface area contributed by atoms with Crippen LogP contribution in [-0.2, 0) is 0 Å². The molecular formula is C15H20N4O. The summed E-state index contributed by atoms with van der Waals surface area (Å²) in [6, 6.07) is 4.22. The number of likely N-dealkylation sites (tertiary alicyclic amines) is 1. The highest BCUT2D eigenvalue weighted by Crippen LogP contribution is 2.24. The molecule has 1 aliphatic heterocycles. The molecule has 2 aromatic rings. The summed E-state index contributed by atoms with van der Waals surface area (Å²) in [6.07, 6.45) is 5.02. The van der Waals surface area contributed by atoms with Gasteiger partial charge in [0.25, 0.3) is 5.91 Å². The van der Waals surface area contributed by atoms with E-state index in [2.05, 4.69) is 23.9 Å². The van der Waals surface area contributed by atoms with Crippen molar-refractivity contribution in [2.24, 2.45) is 0 Å². The molecule has 0 saturated carbocycles. The van der Waals surface area contributed by atoms with Crippen molar-refractivity contribution in [1.29, 1.82) is 0 Å². The van der Waals surface area contributed by atoms with E-state index in [1.807, 2.05) is 17.9 Å². The lowest BCUT2D eigenvalue weighted by atomic mass is 9.97. The van der Waals surface area contributed by atoms with Crippen LogP contribution in [0, 0.1) is 6.92 Å². The van der Waals surface area contributed by atoms with Crippen molar-refractivity contribution in [1.82, 2.24) is 19.5 Å². The largest absolute Gasteiger partial charge is 0.332 e. The zero-order chi connectivity index (χ0) is 14.3. The number of hydrogen-bond acceptors (Lipinski definition) is 3. The predicted molar refractivity (Wildman–Crippen MR) is 76.7 cm³/mol. The Kier molecular flexibility index (Phi) is 3.20. The second-order valence-corrected chi connectivity index (χ2v) is 5.73. The highest BCUT2D eigenvalue weighted by Gasteiger charge is 2.31. The third kappa shape index (κ3) is 2.07. The first-order valence-corrected chi connectivity index (χ1v) is 7.22. The molecule has 1 fully saturated rings. The molecule has 20 heavy (non-hydrogen) atoms. The summed E-state index contributed by atoms with van der Waals surface area (Å²) >= 11 is 0. The first-order chi connectivity index (χ1) is 9.58. The van der Waals surface area contributed by atoms with Gasteiger partial charge < -0.3 is 4.90 Å². The van der Waals surface area contributed by atoms with Gasteiger partial charge >= 0.3 is 0 Å². The minimum absolute atomic E-state index is 0.0557. The number of carbonyl (C=O) groups excluding carboxylic acids is 1. The monoisotopic (exact) mass is 272 g/mol. The van der Waals surface area contributed by atoms with E-state index in [0.29, 0.717) is 5.69 Å². The highest BCUT2D eigenvalue weighted by atomic mass is 16.2. The Morgan fingerprint density at radius 3 is 2.70 bits per heavy atom. The number of hydrogen-bond donors (Lipinski definition) is 0.